The Morgan fingerprint density at radius 1 is 1.14 bits per heavy atom. The van der Waals surface area contributed by atoms with Crippen LogP contribution in [-0.4, -0.2) is 26.3 Å². The van der Waals surface area contributed by atoms with Crippen LogP contribution in [0.25, 0.3) is 22.6 Å². The smallest absolute Gasteiger partial charge is 0.312 e. The minimum absolute atomic E-state index is 0.0447. The third-order valence-electron chi connectivity index (χ3n) is 4.14. The molecule has 0 saturated carbocycles. The molecule has 144 valence electrons. The number of para-hydroxylation sites is 2. The van der Waals surface area contributed by atoms with Gasteiger partial charge in [-0.05, 0) is 36.4 Å². The summed E-state index contributed by atoms with van der Waals surface area (Å²) in [5.74, 6) is -0.361. The number of benzene rings is 3. The van der Waals surface area contributed by atoms with Gasteiger partial charge in [-0.3, -0.25) is 15.1 Å². The maximum absolute atomic E-state index is 11.0. The number of phenolic OH excluding ortho intramolecular Hbond substituents is 2. The van der Waals surface area contributed by atoms with E-state index in [1.165, 1.54) is 24.4 Å². The predicted molar refractivity (Wildman–Crippen MR) is 108 cm³/mol. The highest BCUT2D eigenvalue weighted by Crippen LogP contribution is 2.35. The van der Waals surface area contributed by atoms with Crippen molar-refractivity contribution in [1.29, 1.82) is 0 Å². The van der Waals surface area contributed by atoms with Crippen LogP contribution in [0.3, 0.4) is 0 Å². The minimum Gasteiger partial charge on any atom is -0.507 e. The fourth-order valence-electron chi connectivity index (χ4n) is 2.75. The van der Waals surface area contributed by atoms with Crippen molar-refractivity contribution in [1.82, 2.24) is 4.98 Å². The van der Waals surface area contributed by atoms with Gasteiger partial charge in [0.1, 0.15) is 11.3 Å². The summed E-state index contributed by atoms with van der Waals surface area (Å²) in [7, 11) is 0. The molecule has 0 spiro atoms. The molecule has 0 saturated heterocycles. The second kappa shape index (κ2) is 7.25. The van der Waals surface area contributed by atoms with Gasteiger partial charge < -0.3 is 14.6 Å². The molecule has 0 unspecified atom stereocenters. The van der Waals surface area contributed by atoms with Crippen LogP contribution in [0.4, 0.5) is 11.4 Å². The summed E-state index contributed by atoms with van der Waals surface area (Å²) in [6, 6.07) is 14.1. The fraction of sp³-hybridized carbons (Fsp3) is 0. The Balaban J connectivity index is 1.72. The molecule has 0 aliphatic rings. The van der Waals surface area contributed by atoms with Crippen LogP contribution >= 0.6 is 11.6 Å². The lowest BCUT2D eigenvalue weighted by atomic mass is 10.1. The van der Waals surface area contributed by atoms with Crippen LogP contribution < -0.4 is 0 Å². The molecule has 1 heterocycles. The number of hydrogen-bond acceptors (Lipinski definition) is 7. The Hall–Kier alpha value is -3.91. The molecular formula is C20H12ClN3O5. The van der Waals surface area contributed by atoms with E-state index in [4.69, 9.17) is 16.0 Å². The Morgan fingerprint density at radius 2 is 1.93 bits per heavy atom. The number of rotatable bonds is 4. The lowest BCUT2D eigenvalue weighted by molar-refractivity contribution is -0.385. The normalized spacial score (nSPS) is 11.3. The van der Waals surface area contributed by atoms with E-state index in [1.807, 2.05) is 12.1 Å². The summed E-state index contributed by atoms with van der Waals surface area (Å²) >= 11 is 5.88. The first-order chi connectivity index (χ1) is 13.9. The van der Waals surface area contributed by atoms with Crippen LogP contribution in [0.1, 0.15) is 5.56 Å². The molecule has 3 aromatic carbocycles. The van der Waals surface area contributed by atoms with E-state index in [-0.39, 0.29) is 22.2 Å². The average molecular weight is 410 g/mol. The molecule has 0 atom stereocenters. The zero-order chi connectivity index (χ0) is 20.5. The number of nitrogens with zero attached hydrogens (tertiary/aromatic N) is 3. The van der Waals surface area contributed by atoms with E-state index in [0.717, 1.165) is 6.07 Å². The summed E-state index contributed by atoms with van der Waals surface area (Å²) in [6.07, 6.45) is 1.25. The standard InChI is InChI=1S/C20H12ClN3O5/c21-12-7-11(19(26)16(8-12)24(27)28)10-22-13-5-6-17(25)14(9-13)20-23-15-3-1-2-4-18(15)29-20/h1-10,25-26H. The molecule has 1 aromatic heterocycles. The maximum atomic E-state index is 11.0. The van der Waals surface area contributed by atoms with Gasteiger partial charge in [-0.1, -0.05) is 23.7 Å². The van der Waals surface area contributed by atoms with E-state index >= 15 is 0 Å². The van der Waals surface area contributed by atoms with Gasteiger partial charge >= 0.3 is 5.69 Å². The number of hydrogen-bond donors (Lipinski definition) is 2. The summed E-state index contributed by atoms with van der Waals surface area (Å²) in [6.45, 7) is 0. The van der Waals surface area contributed by atoms with Crippen LogP contribution in [0.15, 0.2) is 64.0 Å². The molecule has 0 fully saturated rings. The van der Waals surface area contributed by atoms with E-state index in [0.29, 0.717) is 22.4 Å². The quantitative estimate of drug-likeness (QED) is 0.271. The second-order valence-electron chi connectivity index (χ2n) is 6.07. The molecule has 0 amide bonds. The van der Waals surface area contributed by atoms with Gasteiger partial charge in [-0.15, -0.1) is 0 Å². The molecular weight excluding hydrogens is 398 g/mol. The highest BCUT2D eigenvalue weighted by molar-refractivity contribution is 6.31. The molecule has 0 aliphatic carbocycles. The van der Waals surface area contributed by atoms with Crippen LogP contribution in [0.5, 0.6) is 11.5 Å². The van der Waals surface area contributed by atoms with Crippen molar-refractivity contribution in [2.75, 3.05) is 0 Å². The Morgan fingerprint density at radius 3 is 2.69 bits per heavy atom. The van der Waals surface area contributed by atoms with Crippen molar-refractivity contribution in [3.63, 3.8) is 0 Å². The molecule has 8 nitrogen and oxygen atoms in total. The highest BCUT2D eigenvalue weighted by atomic mass is 35.5. The second-order valence-corrected chi connectivity index (χ2v) is 6.50. The Bertz CT molecular complexity index is 1250. The highest BCUT2D eigenvalue weighted by Gasteiger charge is 2.18. The lowest BCUT2D eigenvalue weighted by Gasteiger charge is -2.03. The Kier molecular flexibility index (Phi) is 4.61. The van der Waals surface area contributed by atoms with Gasteiger partial charge in [0.25, 0.3) is 0 Å². The maximum Gasteiger partial charge on any atom is 0.312 e. The van der Waals surface area contributed by atoms with Crippen LogP contribution in [0, 0.1) is 10.1 Å². The van der Waals surface area contributed by atoms with Crippen LogP contribution in [-0.2, 0) is 0 Å². The van der Waals surface area contributed by atoms with Gasteiger partial charge in [0.2, 0.25) is 11.6 Å². The Labute approximate surface area is 168 Å². The summed E-state index contributed by atoms with van der Waals surface area (Å²) < 4.78 is 5.67. The number of nitro groups is 1. The fourth-order valence-corrected chi connectivity index (χ4v) is 2.97. The number of aromatic hydroxyl groups is 2. The van der Waals surface area contributed by atoms with Crippen molar-refractivity contribution >= 4 is 40.3 Å². The third kappa shape index (κ3) is 3.61. The van der Waals surface area contributed by atoms with Crippen molar-refractivity contribution in [2.45, 2.75) is 0 Å². The topological polar surface area (TPSA) is 122 Å². The molecule has 0 radical (unpaired) electrons. The number of aromatic nitrogens is 1. The predicted octanol–water partition coefficient (Wildman–Crippen LogP) is 5.22. The lowest BCUT2D eigenvalue weighted by Crippen LogP contribution is -1.92. The summed E-state index contributed by atoms with van der Waals surface area (Å²) in [5.41, 5.74) is 1.52. The van der Waals surface area contributed by atoms with E-state index in [2.05, 4.69) is 9.98 Å². The first-order valence-corrected chi connectivity index (χ1v) is 8.70. The number of phenols is 2. The van der Waals surface area contributed by atoms with Gasteiger partial charge in [0.05, 0.1) is 16.2 Å². The monoisotopic (exact) mass is 409 g/mol. The average Bonchev–Trinajstić information content (AvgIpc) is 3.13. The summed E-state index contributed by atoms with van der Waals surface area (Å²) in [4.78, 5) is 18.8. The molecule has 4 rings (SSSR count). The minimum atomic E-state index is -0.732. The SMILES string of the molecule is O=[N+]([O-])c1cc(Cl)cc(C=Nc2ccc(O)c(-c3nc4ccccc4o3)c2)c1O. The first kappa shape index (κ1) is 18.5. The van der Waals surface area contributed by atoms with Crippen molar-refractivity contribution in [2.24, 2.45) is 4.99 Å². The van der Waals surface area contributed by atoms with Crippen molar-refractivity contribution < 1.29 is 19.6 Å². The number of nitro benzene ring substituents is 1. The largest absolute Gasteiger partial charge is 0.507 e. The molecule has 0 bridgehead atoms. The third-order valence-corrected chi connectivity index (χ3v) is 4.36. The van der Waals surface area contributed by atoms with Crippen molar-refractivity contribution in [3.05, 3.63) is 75.3 Å². The number of aliphatic imine (C=N–C) groups is 1. The zero-order valence-electron chi connectivity index (χ0n) is 14.6. The summed E-state index contributed by atoms with van der Waals surface area (Å²) in [5, 5.41) is 31.4. The van der Waals surface area contributed by atoms with E-state index < -0.39 is 16.4 Å². The number of oxazole rings is 1. The first-order valence-electron chi connectivity index (χ1n) is 8.32. The van der Waals surface area contributed by atoms with Gasteiger partial charge in [0.15, 0.2) is 5.58 Å². The van der Waals surface area contributed by atoms with Gasteiger partial charge in [-0.2, -0.15) is 0 Å². The molecule has 2 N–H and O–H groups in total. The van der Waals surface area contributed by atoms with Crippen molar-refractivity contribution in [3.8, 4) is 23.0 Å². The molecule has 4 aromatic rings. The zero-order valence-corrected chi connectivity index (χ0v) is 15.4. The van der Waals surface area contributed by atoms with Gasteiger partial charge in [0, 0.05) is 22.9 Å². The molecule has 0 aliphatic heterocycles. The number of halogens is 1. The molecule has 29 heavy (non-hydrogen) atoms. The van der Waals surface area contributed by atoms with Gasteiger partial charge in [-0.25, -0.2) is 4.98 Å². The van der Waals surface area contributed by atoms with E-state index in [1.54, 1.807) is 18.2 Å². The van der Waals surface area contributed by atoms with E-state index in [9.17, 15) is 20.3 Å². The number of fused-ring (bicyclic) bond motifs is 1. The van der Waals surface area contributed by atoms with Crippen LogP contribution in [0.2, 0.25) is 5.02 Å². The molecule has 9 heteroatoms.